The van der Waals surface area contributed by atoms with Crippen molar-refractivity contribution in [2.24, 2.45) is 0 Å². The van der Waals surface area contributed by atoms with Crippen LogP contribution in [-0.4, -0.2) is 47.4 Å². The number of hydrogen-bond acceptors (Lipinski definition) is 6. The van der Waals surface area contributed by atoms with Crippen LogP contribution in [0.1, 0.15) is 13.8 Å². The number of nitrogens with zero attached hydrogens (tertiary/aromatic N) is 3. The summed E-state index contributed by atoms with van der Waals surface area (Å²) in [6, 6.07) is 0. The van der Waals surface area contributed by atoms with E-state index in [1.54, 1.807) is 11.6 Å². The Morgan fingerprint density at radius 2 is 2.05 bits per heavy atom. The van der Waals surface area contributed by atoms with Gasteiger partial charge in [0.05, 0.1) is 12.2 Å². The van der Waals surface area contributed by atoms with Crippen LogP contribution in [0.5, 0.6) is 0 Å². The highest BCUT2D eigenvalue weighted by Crippen LogP contribution is 2.28. The second-order valence-corrected chi connectivity index (χ2v) is 7.66. The maximum atomic E-state index is 12.8. The molecule has 2 N–H and O–H groups in total. The van der Waals surface area contributed by atoms with Gasteiger partial charge in [-0.05, 0) is 13.8 Å². The molecule has 2 atom stereocenters. The summed E-state index contributed by atoms with van der Waals surface area (Å²) in [6.45, 7) is 4.36. The Hall–Kier alpha value is -1.16. The molecule has 1 aliphatic rings. The summed E-state index contributed by atoms with van der Waals surface area (Å²) in [5.74, 6) is 0.0450. The third kappa shape index (κ3) is 2.10. The van der Waals surface area contributed by atoms with Gasteiger partial charge in [0.2, 0.25) is 0 Å². The zero-order valence-corrected chi connectivity index (χ0v) is 12.8. The van der Waals surface area contributed by atoms with Crippen LogP contribution >= 0.6 is 11.3 Å². The Balaban J connectivity index is 2.07. The summed E-state index contributed by atoms with van der Waals surface area (Å²) in [7, 11) is -3.68. The quantitative estimate of drug-likeness (QED) is 0.884. The number of rotatable bonds is 2. The molecule has 20 heavy (non-hydrogen) atoms. The predicted octanol–water partition coefficient (Wildman–Crippen LogP) is 0.776. The van der Waals surface area contributed by atoms with Gasteiger partial charge in [0.15, 0.2) is 15.8 Å². The lowest BCUT2D eigenvalue weighted by atomic mass is 10.3. The number of fused-ring (bicyclic) bond motifs is 1. The molecule has 9 heteroatoms. The lowest BCUT2D eigenvalue weighted by Gasteiger charge is -2.34. The van der Waals surface area contributed by atoms with E-state index in [1.807, 2.05) is 13.8 Å². The van der Waals surface area contributed by atoms with Crippen LogP contribution in [0.2, 0.25) is 0 Å². The SMILES string of the molecule is C[C@@H]1CN(S(=O)(=O)c2c(N)nc3sccn23)C[C@H](C)O1. The first-order valence-corrected chi connectivity index (χ1v) is 8.58. The fourth-order valence-corrected chi connectivity index (χ4v) is 5.03. The van der Waals surface area contributed by atoms with Crippen molar-refractivity contribution < 1.29 is 13.2 Å². The van der Waals surface area contributed by atoms with E-state index < -0.39 is 10.0 Å². The summed E-state index contributed by atoms with van der Waals surface area (Å²) in [5, 5.41) is 1.83. The van der Waals surface area contributed by atoms with Gasteiger partial charge in [0.25, 0.3) is 10.0 Å². The molecule has 110 valence electrons. The number of hydrogen-bond donors (Lipinski definition) is 1. The Morgan fingerprint density at radius 3 is 2.70 bits per heavy atom. The average molecular weight is 316 g/mol. The molecule has 0 radical (unpaired) electrons. The molecule has 2 aromatic rings. The molecule has 0 aliphatic carbocycles. The van der Waals surface area contributed by atoms with Crippen LogP contribution in [0.4, 0.5) is 5.82 Å². The summed E-state index contributed by atoms with van der Waals surface area (Å²) in [4.78, 5) is 4.67. The number of nitrogens with two attached hydrogens (primary N) is 1. The van der Waals surface area contributed by atoms with E-state index >= 15 is 0 Å². The first-order valence-electron chi connectivity index (χ1n) is 6.26. The first-order chi connectivity index (χ1) is 9.39. The monoisotopic (exact) mass is 316 g/mol. The van der Waals surface area contributed by atoms with Crippen LogP contribution in [0.15, 0.2) is 16.6 Å². The van der Waals surface area contributed by atoms with Crippen LogP contribution < -0.4 is 5.73 Å². The van der Waals surface area contributed by atoms with Crippen molar-refractivity contribution in [3.8, 4) is 0 Å². The van der Waals surface area contributed by atoms with Crippen molar-refractivity contribution >= 4 is 32.1 Å². The Bertz CT molecular complexity index is 726. The van der Waals surface area contributed by atoms with E-state index in [0.29, 0.717) is 18.1 Å². The number of ether oxygens (including phenoxy) is 1. The van der Waals surface area contributed by atoms with Crippen molar-refractivity contribution in [1.82, 2.24) is 13.7 Å². The summed E-state index contributed by atoms with van der Waals surface area (Å²) < 4.78 is 34.1. The maximum Gasteiger partial charge on any atom is 0.263 e. The van der Waals surface area contributed by atoms with Gasteiger partial charge in [-0.25, -0.2) is 13.4 Å². The van der Waals surface area contributed by atoms with Gasteiger partial charge in [-0.2, -0.15) is 4.31 Å². The number of aromatic nitrogens is 2. The van der Waals surface area contributed by atoms with Gasteiger partial charge in [-0.3, -0.25) is 4.40 Å². The normalized spacial score (nSPS) is 25.3. The van der Waals surface area contributed by atoms with E-state index in [1.165, 1.54) is 20.0 Å². The van der Waals surface area contributed by atoms with Crippen molar-refractivity contribution in [3.05, 3.63) is 11.6 Å². The minimum Gasteiger partial charge on any atom is -0.381 e. The highest BCUT2D eigenvalue weighted by Gasteiger charge is 2.36. The lowest BCUT2D eigenvalue weighted by Crippen LogP contribution is -2.48. The molecule has 3 rings (SSSR count). The third-order valence-corrected chi connectivity index (χ3v) is 5.84. The van der Waals surface area contributed by atoms with E-state index in [-0.39, 0.29) is 23.1 Å². The van der Waals surface area contributed by atoms with Crippen LogP contribution in [0.25, 0.3) is 4.96 Å². The van der Waals surface area contributed by atoms with Gasteiger partial charge in [-0.15, -0.1) is 11.3 Å². The first kappa shape index (κ1) is 13.8. The van der Waals surface area contributed by atoms with E-state index in [2.05, 4.69) is 4.98 Å². The standard InChI is InChI=1S/C11H16N4O3S2/c1-7-5-14(6-8(2)18-7)20(16,17)10-9(12)13-11-15(10)3-4-19-11/h3-4,7-8H,5-6,12H2,1-2H3/t7-,8+. The van der Waals surface area contributed by atoms with Gasteiger partial charge in [0, 0.05) is 24.7 Å². The molecule has 0 unspecified atom stereocenters. The lowest BCUT2D eigenvalue weighted by molar-refractivity contribution is -0.0441. The van der Waals surface area contributed by atoms with E-state index in [0.717, 1.165) is 0 Å². The number of morpholine rings is 1. The summed E-state index contributed by atoms with van der Waals surface area (Å²) in [6.07, 6.45) is 1.39. The predicted molar refractivity (Wildman–Crippen MR) is 76.2 cm³/mol. The van der Waals surface area contributed by atoms with Crippen LogP contribution in [0, 0.1) is 0 Å². The number of anilines is 1. The fraction of sp³-hybridized carbons (Fsp3) is 0.545. The highest BCUT2D eigenvalue weighted by molar-refractivity contribution is 7.89. The number of thiazole rings is 1. The van der Waals surface area contributed by atoms with Gasteiger partial charge in [0.1, 0.15) is 0 Å². The molecule has 0 bridgehead atoms. The van der Waals surface area contributed by atoms with Gasteiger partial charge in [-0.1, -0.05) is 0 Å². The number of imidazole rings is 1. The molecule has 0 spiro atoms. The van der Waals surface area contributed by atoms with Gasteiger partial charge >= 0.3 is 0 Å². The Morgan fingerprint density at radius 1 is 1.40 bits per heavy atom. The van der Waals surface area contributed by atoms with Crippen molar-refractivity contribution in [1.29, 1.82) is 0 Å². The average Bonchev–Trinajstić information content (AvgIpc) is 2.86. The molecule has 2 aromatic heterocycles. The molecule has 0 saturated carbocycles. The Kier molecular flexibility index (Phi) is 3.24. The zero-order chi connectivity index (χ0) is 14.5. The van der Waals surface area contributed by atoms with E-state index in [4.69, 9.17) is 10.5 Å². The molecule has 1 aliphatic heterocycles. The molecular weight excluding hydrogens is 300 g/mol. The molecule has 1 saturated heterocycles. The number of nitrogen functional groups attached to an aromatic ring is 1. The van der Waals surface area contributed by atoms with E-state index in [9.17, 15) is 8.42 Å². The molecular formula is C11H16N4O3S2. The summed E-state index contributed by atoms with van der Waals surface area (Å²) in [5.41, 5.74) is 5.80. The topological polar surface area (TPSA) is 89.9 Å². The smallest absolute Gasteiger partial charge is 0.263 e. The minimum atomic E-state index is -3.68. The van der Waals surface area contributed by atoms with Crippen molar-refractivity contribution in [2.45, 2.75) is 31.1 Å². The van der Waals surface area contributed by atoms with Crippen LogP contribution in [-0.2, 0) is 14.8 Å². The zero-order valence-electron chi connectivity index (χ0n) is 11.2. The largest absolute Gasteiger partial charge is 0.381 e. The Labute approximate surface area is 121 Å². The minimum absolute atomic E-state index is 0.0450. The van der Waals surface area contributed by atoms with Crippen molar-refractivity contribution in [3.63, 3.8) is 0 Å². The molecule has 3 heterocycles. The third-order valence-electron chi connectivity index (χ3n) is 3.21. The molecule has 0 amide bonds. The van der Waals surface area contributed by atoms with Gasteiger partial charge < -0.3 is 10.5 Å². The van der Waals surface area contributed by atoms with Crippen LogP contribution in [0.3, 0.4) is 0 Å². The maximum absolute atomic E-state index is 12.8. The fourth-order valence-electron chi connectivity index (χ4n) is 2.49. The summed E-state index contributed by atoms with van der Waals surface area (Å²) >= 11 is 1.35. The molecule has 0 aromatic carbocycles. The second-order valence-electron chi connectivity index (χ2n) is 4.94. The molecule has 7 nitrogen and oxygen atoms in total. The number of sulfonamides is 1. The van der Waals surface area contributed by atoms with Crippen molar-refractivity contribution in [2.75, 3.05) is 18.8 Å². The second kappa shape index (κ2) is 4.69. The highest BCUT2D eigenvalue weighted by atomic mass is 32.2. The molecule has 1 fully saturated rings.